The lowest BCUT2D eigenvalue weighted by molar-refractivity contribution is -0.137. The summed E-state index contributed by atoms with van der Waals surface area (Å²) < 4.78 is 66.9. The van der Waals surface area contributed by atoms with Gasteiger partial charge >= 0.3 is 23.5 Å². The Balaban J connectivity index is 1.53. The fourth-order valence-electron chi connectivity index (χ4n) is 4.33. The maximum atomic E-state index is 12.6. The SMILES string of the molecule is CC(C)(COP(=O)(O)OP(=O)(O)OC[C@H]1O[C@@H](n2cnc3c(N)ncnc32)[C@H](O)[C@@H]1OP(=O)(O)O)C(O)C(=O)NCCC(=O)NCCSOCCO. The zero-order valence-corrected chi connectivity index (χ0v) is 30.9. The maximum absolute atomic E-state index is 12.6. The van der Waals surface area contributed by atoms with Gasteiger partial charge in [-0.25, -0.2) is 28.6 Å². The van der Waals surface area contributed by atoms with Crippen LogP contribution in [0.3, 0.4) is 0 Å². The van der Waals surface area contributed by atoms with Gasteiger partial charge in [0.2, 0.25) is 11.8 Å². The van der Waals surface area contributed by atoms with Crippen molar-refractivity contribution in [3.8, 4) is 0 Å². The minimum Gasteiger partial charge on any atom is -0.394 e. The third kappa shape index (κ3) is 13.3. The normalized spacial score (nSPS) is 22.5. The van der Waals surface area contributed by atoms with Crippen LogP contribution in [-0.2, 0) is 50.1 Å². The summed E-state index contributed by atoms with van der Waals surface area (Å²) in [4.78, 5) is 75.1. The number of nitrogens with one attached hydrogen (secondary N) is 2. The summed E-state index contributed by atoms with van der Waals surface area (Å²) in [5.41, 5.74) is 4.27. The molecule has 2 aromatic rings. The molecule has 11 N–H and O–H groups in total. The van der Waals surface area contributed by atoms with Crippen molar-refractivity contribution in [2.75, 3.05) is 51.0 Å². The molecule has 3 rings (SSSR count). The van der Waals surface area contributed by atoms with Crippen molar-refractivity contribution in [3.63, 3.8) is 0 Å². The first-order valence-electron chi connectivity index (χ1n) is 14.9. The quantitative estimate of drug-likeness (QED) is 0.0351. The van der Waals surface area contributed by atoms with Crippen LogP contribution in [0.15, 0.2) is 12.7 Å². The Hall–Kier alpha value is -2.19. The number of ether oxygens (including phenoxy) is 1. The first-order chi connectivity index (χ1) is 24.2. The Labute approximate surface area is 299 Å². The van der Waals surface area contributed by atoms with E-state index in [0.29, 0.717) is 5.75 Å². The number of rotatable bonds is 22. The van der Waals surface area contributed by atoms with Crippen LogP contribution < -0.4 is 16.4 Å². The molecular formula is C23H40N7O18P3S. The van der Waals surface area contributed by atoms with E-state index in [1.54, 1.807) is 0 Å². The van der Waals surface area contributed by atoms with Gasteiger partial charge in [0.1, 0.15) is 36.3 Å². The average Bonchev–Trinajstić information content (AvgIpc) is 3.60. The third-order valence-electron chi connectivity index (χ3n) is 6.84. The Bertz CT molecular complexity index is 1670. The number of hydrogen-bond acceptors (Lipinski definition) is 19. The highest BCUT2D eigenvalue weighted by Gasteiger charge is 2.50. The number of nitrogen functional groups attached to an aromatic ring is 1. The number of phosphoric acid groups is 3. The molecule has 3 unspecified atom stereocenters. The van der Waals surface area contributed by atoms with Crippen LogP contribution >= 0.6 is 35.5 Å². The van der Waals surface area contributed by atoms with E-state index in [9.17, 15) is 53.1 Å². The minimum absolute atomic E-state index is 0.0314. The molecule has 2 amide bonds. The number of imidazole rings is 1. The number of aliphatic hydroxyl groups excluding tert-OH is 3. The lowest BCUT2D eigenvalue weighted by atomic mass is 9.87. The number of phosphoric ester groups is 3. The summed E-state index contributed by atoms with van der Waals surface area (Å²) >= 11 is 1.05. The second-order valence-corrected chi connectivity index (χ2v) is 16.6. The first-order valence-corrected chi connectivity index (χ1v) is 20.3. The molecule has 296 valence electrons. The summed E-state index contributed by atoms with van der Waals surface area (Å²) in [6.45, 7) is 0.568. The van der Waals surface area contributed by atoms with Gasteiger partial charge in [-0.05, 0) is 12.0 Å². The largest absolute Gasteiger partial charge is 0.481 e. The molecule has 0 aromatic carbocycles. The van der Waals surface area contributed by atoms with E-state index in [2.05, 4.69) is 34.4 Å². The number of carbonyl (C=O) groups excluding carboxylic acids is 2. The molecule has 25 nitrogen and oxygen atoms in total. The van der Waals surface area contributed by atoms with E-state index in [0.717, 1.165) is 29.3 Å². The maximum Gasteiger partial charge on any atom is 0.481 e. The molecule has 52 heavy (non-hydrogen) atoms. The monoisotopic (exact) mass is 827 g/mol. The molecule has 0 aliphatic carbocycles. The molecule has 1 aliphatic rings. The molecule has 2 aromatic heterocycles. The number of aliphatic hydroxyl groups is 3. The average molecular weight is 828 g/mol. The minimum atomic E-state index is -5.56. The Kier molecular flexibility index (Phi) is 16.1. The second kappa shape index (κ2) is 18.9. The summed E-state index contributed by atoms with van der Waals surface area (Å²) in [7, 11) is -16.4. The van der Waals surface area contributed by atoms with Gasteiger partial charge in [0.05, 0.1) is 32.8 Å². The Morgan fingerprint density at radius 3 is 2.46 bits per heavy atom. The highest BCUT2D eigenvalue weighted by atomic mass is 32.2. The van der Waals surface area contributed by atoms with Gasteiger partial charge in [-0.1, -0.05) is 13.8 Å². The Morgan fingerprint density at radius 2 is 1.79 bits per heavy atom. The molecule has 0 saturated carbocycles. The first kappa shape index (κ1) is 44.2. The predicted octanol–water partition coefficient (Wildman–Crippen LogP) is -1.94. The topological polar surface area (TPSA) is 376 Å². The number of carbonyl (C=O) groups is 2. The van der Waals surface area contributed by atoms with Crippen LogP contribution in [0.5, 0.6) is 0 Å². The zero-order valence-electron chi connectivity index (χ0n) is 27.4. The molecule has 3 heterocycles. The van der Waals surface area contributed by atoms with Crippen molar-refractivity contribution in [3.05, 3.63) is 12.7 Å². The highest BCUT2D eigenvalue weighted by molar-refractivity contribution is 7.94. The number of amides is 2. The highest BCUT2D eigenvalue weighted by Crippen LogP contribution is 2.61. The van der Waals surface area contributed by atoms with E-state index in [1.807, 2.05) is 0 Å². The van der Waals surface area contributed by atoms with E-state index in [1.165, 1.54) is 13.8 Å². The number of hydrogen-bond donors (Lipinski definition) is 10. The number of nitrogens with zero attached hydrogens (tertiary/aromatic N) is 4. The molecule has 1 aliphatic heterocycles. The molecule has 29 heteroatoms. The van der Waals surface area contributed by atoms with Crippen LogP contribution in [0.25, 0.3) is 11.2 Å². The molecule has 0 radical (unpaired) electrons. The molecule has 7 atom stereocenters. The number of nitrogens with two attached hydrogens (primary N) is 1. The van der Waals surface area contributed by atoms with E-state index < -0.39 is 84.6 Å². The van der Waals surface area contributed by atoms with Gasteiger partial charge < -0.3 is 60.2 Å². The number of aromatic nitrogens is 4. The van der Waals surface area contributed by atoms with Crippen LogP contribution in [-0.4, -0.2) is 136 Å². The van der Waals surface area contributed by atoms with E-state index in [4.69, 9.17) is 28.8 Å². The van der Waals surface area contributed by atoms with E-state index >= 15 is 0 Å². The molecular weight excluding hydrogens is 787 g/mol. The van der Waals surface area contributed by atoms with Crippen molar-refractivity contribution < 1.29 is 85.0 Å². The summed E-state index contributed by atoms with van der Waals surface area (Å²) in [6.07, 6.45) is -6.86. The lowest BCUT2D eigenvalue weighted by Crippen LogP contribution is -2.46. The fourth-order valence-corrected chi connectivity index (χ4v) is 7.65. The van der Waals surface area contributed by atoms with Crippen molar-refractivity contribution in [2.24, 2.45) is 5.41 Å². The summed E-state index contributed by atoms with van der Waals surface area (Å²) in [5.74, 6) is -1.02. The molecule has 0 bridgehead atoms. The second-order valence-electron chi connectivity index (χ2n) is 11.4. The van der Waals surface area contributed by atoms with Crippen molar-refractivity contribution >= 4 is 64.3 Å². The van der Waals surface area contributed by atoms with Gasteiger partial charge in [-0.3, -0.25) is 27.7 Å². The van der Waals surface area contributed by atoms with Crippen LogP contribution in [0.2, 0.25) is 0 Å². The Morgan fingerprint density at radius 1 is 1.10 bits per heavy atom. The molecule has 0 spiro atoms. The van der Waals surface area contributed by atoms with Gasteiger partial charge in [0.25, 0.3) is 0 Å². The number of anilines is 1. The third-order valence-corrected chi connectivity index (χ3v) is 10.6. The van der Waals surface area contributed by atoms with Crippen molar-refractivity contribution in [2.45, 2.75) is 50.9 Å². The smallest absolute Gasteiger partial charge is 0.394 e. The van der Waals surface area contributed by atoms with Gasteiger partial charge in [-0.2, -0.15) is 4.31 Å². The van der Waals surface area contributed by atoms with Crippen LogP contribution in [0.4, 0.5) is 5.82 Å². The van der Waals surface area contributed by atoms with Gasteiger partial charge in [-0.15, -0.1) is 0 Å². The molecule has 1 fully saturated rings. The predicted molar refractivity (Wildman–Crippen MR) is 175 cm³/mol. The summed E-state index contributed by atoms with van der Waals surface area (Å²) in [6, 6.07) is 0. The van der Waals surface area contributed by atoms with Crippen LogP contribution in [0, 0.1) is 5.41 Å². The van der Waals surface area contributed by atoms with Crippen molar-refractivity contribution in [1.82, 2.24) is 30.2 Å². The standard InChI is InChI=1S/C23H40N7O18P3S/c1-23(2,18(34)21(35)26-4-3-14(32)25-5-8-52-45-7-6-31)10-44-51(41,42)48-50(39,40)43-9-13-17(47-49(36,37)38)16(33)22(46-13)30-12-29-15-19(24)27-11-28-20(15)30/h11-13,16-18,22,31,33-34H,3-10H2,1-2H3,(H,25,32)(H,26,35)(H,39,40)(H,41,42)(H2,24,27,28)(H2,36,37,38)/t13-,16-,17-,18?,22-/m1/s1. The molecule has 1 saturated heterocycles. The fraction of sp³-hybridized carbons (Fsp3) is 0.696. The summed E-state index contributed by atoms with van der Waals surface area (Å²) in [5, 5.41) is 34.9. The van der Waals surface area contributed by atoms with E-state index in [-0.39, 0.29) is 49.7 Å². The van der Waals surface area contributed by atoms with Gasteiger partial charge in [0, 0.05) is 30.7 Å². The van der Waals surface area contributed by atoms with Crippen LogP contribution in [0.1, 0.15) is 26.5 Å². The van der Waals surface area contributed by atoms with Gasteiger partial charge in [0.15, 0.2) is 17.7 Å². The zero-order chi connectivity index (χ0) is 38.9. The lowest BCUT2D eigenvalue weighted by Gasteiger charge is -2.30. The number of fused-ring (bicyclic) bond motifs is 1. The van der Waals surface area contributed by atoms with Crippen molar-refractivity contribution in [1.29, 1.82) is 0 Å².